The second-order valence-electron chi connectivity index (χ2n) is 11.0. The minimum Gasteiger partial charge on any atom is -0.367 e. The summed E-state index contributed by atoms with van der Waals surface area (Å²) in [6.07, 6.45) is 4.86. The van der Waals surface area contributed by atoms with Crippen molar-refractivity contribution in [3.05, 3.63) is 35.4 Å². The number of hydrogen-bond acceptors (Lipinski definition) is 4. The summed E-state index contributed by atoms with van der Waals surface area (Å²) in [4.78, 5) is 30.5. The number of fused-ring (bicyclic) bond motifs is 2. The summed E-state index contributed by atoms with van der Waals surface area (Å²) in [5.41, 5.74) is 2.23. The maximum absolute atomic E-state index is 13.9. The maximum Gasteiger partial charge on any atom is 0.246 e. The monoisotopic (exact) mass is 504 g/mol. The van der Waals surface area contributed by atoms with Crippen LogP contribution >= 0.6 is 23.1 Å². The predicted molar refractivity (Wildman–Crippen MR) is 145 cm³/mol. The highest BCUT2D eigenvalue weighted by Gasteiger charge is 2.55. The Kier molecular flexibility index (Phi) is 7.32. The normalized spacial score (nSPS) is 34.1. The first-order chi connectivity index (χ1) is 16.0. The number of thiol groups is 1. The average molecular weight is 505 g/mol. The molecule has 2 unspecified atom stereocenters. The molecular formula is C26H40N4O2S2. The fraction of sp³-hybridized carbons (Fsp3) is 0.654. The molecule has 0 bridgehead atoms. The van der Waals surface area contributed by atoms with E-state index in [0.29, 0.717) is 10.9 Å². The zero-order valence-corrected chi connectivity index (χ0v) is 22.9. The van der Waals surface area contributed by atoms with Crippen LogP contribution in [0.3, 0.4) is 0 Å². The van der Waals surface area contributed by atoms with Crippen molar-refractivity contribution in [2.45, 2.75) is 76.5 Å². The van der Waals surface area contributed by atoms with Crippen LogP contribution in [0.1, 0.15) is 57.7 Å². The van der Waals surface area contributed by atoms with Crippen molar-refractivity contribution in [1.29, 1.82) is 0 Å². The molecule has 188 valence electrons. The topological polar surface area (TPSA) is 73.5 Å². The Labute approximate surface area is 212 Å². The number of amides is 2. The third kappa shape index (κ3) is 4.61. The van der Waals surface area contributed by atoms with Gasteiger partial charge in [0.05, 0.1) is 22.4 Å². The molecule has 1 aromatic carbocycles. The van der Waals surface area contributed by atoms with Crippen molar-refractivity contribution in [1.82, 2.24) is 20.9 Å². The van der Waals surface area contributed by atoms with E-state index in [9.17, 15) is 9.59 Å². The molecule has 3 aliphatic rings. The van der Waals surface area contributed by atoms with Crippen LogP contribution in [0.5, 0.6) is 0 Å². The Morgan fingerprint density at radius 3 is 2.68 bits per heavy atom. The van der Waals surface area contributed by atoms with Gasteiger partial charge in [-0.1, -0.05) is 57.3 Å². The number of carbonyl (C=O) groups excluding carboxylic acids is 2. The third-order valence-electron chi connectivity index (χ3n) is 8.07. The quantitative estimate of drug-likeness (QED) is 0.367. The van der Waals surface area contributed by atoms with Gasteiger partial charge in [-0.15, -0.1) is 0 Å². The number of hydrogen-bond donors (Lipinski definition) is 4. The molecule has 0 spiro atoms. The fourth-order valence-corrected chi connectivity index (χ4v) is 8.62. The molecular weight excluding hydrogens is 464 g/mol. The highest BCUT2D eigenvalue weighted by atomic mass is 32.2. The van der Waals surface area contributed by atoms with Crippen LogP contribution in [-0.2, 0) is 16.0 Å². The van der Waals surface area contributed by atoms with Gasteiger partial charge in [0.2, 0.25) is 11.8 Å². The van der Waals surface area contributed by atoms with Crippen LogP contribution in [-0.4, -0.2) is 64.3 Å². The Balaban J connectivity index is 1.60. The standard InChI is InChI=1S/C26H40N4O2S2/c1-15-13-17-9-7-8-10-18(17)21(15)29-23(31)22-26(3,4)14-20-30(22)25(32)19(11-12-34(20)6)28-24(33)16(2)27-5/h7-10,15-16,19-22,27,34H,11-14H2,1-6H3,(H,28,33)(H,29,31)/t15-,16+,19+,20?,21-,22-/m1/s1. The van der Waals surface area contributed by atoms with Crippen molar-refractivity contribution in [3.8, 4) is 0 Å². The van der Waals surface area contributed by atoms with E-state index in [1.807, 2.05) is 24.9 Å². The lowest BCUT2D eigenvalue weighted by Gasteiger charge is -2.36. The second kappa shape index (κ2) is 9.78. The Morgan fingerprint density at radius 2 is 1.97 bits per heavy atom. The average Bonchev–Trinajstić information content (AvgIpc) is 3.24. The van der Waals surface area contributed by atoms with Crippen molar-refractivity contribution < 1.29 is 9.59 Å². The summed E-state index contributed by atoms with van der Waals surface area (Å²) in [5.74, 6) is 1.32. The van der Waals surface area contributed by atoms with Gasteiger partial charge in [-0.05, 0) is 67.7 Å². The van der Waals surface area contributed by atoms with E-state index in [2.05, 4.69) is 61.2 Å². The molecule has 34 heavy (non-hydrogen) atoms. The zero-order chi connectivity index (χ0) is 24.8. The van der Waals surface area contributed by atoms with Gasteiger partial charge in [0.25, 0.3) is 0 Å². The first-order valence-electron chi connectivity index (χ1n) is 12.4. The lowest BCUT2D eigenvalue weighted by molar-refractivity contribution is -0.142. The lowest BCUT2D eigenvalue weighted by Crippen LogP contribution is -2.58. The lowest BCUT2D eigenvalue weighted by atomic mass is 9.83. The molecule has 2 amide bonds. The van der Waals surface area contributed by atoms with Crippen molar-refractivity contribution in [2.75, 3.05) is 19.1 Å². The number of carbonyl (C=O) groups is 2. The maximum atomic E-state index is 13.9. The van der Waals surface area contributed by atoms with Crippen LogP contribution in [0.15, 0.2) is 24.3 Å². The number of nitrogens with one attached hydrogen (secondary N) is 3. The van der Waals surface area contributed by atoms with Crippen molar-refractivity contribution in [2.24, 2.45) is 11.3 Å². The van der Waals surface area contributed by atoms with Gasteiger partial charge in [-0.3, -0.25) is 9.59 Å². The van der Waals surface area contributed by atoms with Crippen LogP contribution < -0.4 is 16.0 Å². The van der Waals surface area contributed by atoms with Gasteiger partial charge in [0, 0.05) is 0 Å². The summed E-state index contributed by atoms with van der Waals surface area (Å²) in [7, 11) is 1.46. The molecule has 4 rings (SSSR count). The number of rotatable bonds is 5. The van der Waals surface area contributed by atoms with Crippen LogP contribution in [0.4, 0.5) is 0 Å². The molecule has 2 heterocycles. The largest absolute Gasteiger partial charge is 0.367 e. The number of nitrogens with zero attached hydrogens (tertiary/aromatic N) is 1. The second-order valence-corrected chi connectivity index (χ2v) is 14.0. The molecule has 0 aromatic heterocycles. The van der Waals surface area contributed by atoms with Gasteiger partial charge < -0.3 is 20.9 Å². The van der Waals surface area contributed by atoms with Crippen molar-refractivity contribution in [3.63, 3.8) is 0 Å². The van der Waals surface area contributed by atoms with Crippen LogP contribution in [0.25, 0.3) is 0 Å². The summed E-state index contributed by atoms with van der Waals surface area (Å²) >= 11 is 5.56. The van der Waals surface area contributed by atoms with Gasteiger partial charge in [-0.2, -0.15) is 0 Å². The Bertz CT molecular complexity index is 968. The van der Waals surface area contributed by atoms with Gasteiger partial charge in [0.15, 0.2) is 0 Å². The van der Waals surface area contributed by atoms with E-state index >= 15 is 0 Å². The van der Waals surface area contributed by atoms with E-state index in [1.54, 1.807) is 0 Å². The van der Waals surface area contributed by atoms with Gasteiger partial charge in [-0.25, -0.2) is 10.9 Å². The van der Waals surface area contributed by atoms with E-state index in [0.717, 1.165) is 25.0 Å². The van der Waals surface area contributed by atoms with Gasteiger partial charge in [0.1, 0.15) is 12.1 Å². The summed E-state index contributed by atoms with van der Waals surface area (Å²) in [6.45, 7) is 8.47. The molecule has 1 aliphatic carbocycles. The minimum atomic E-state index is -0.479. The molecule has 0 radical (unpaired) electrons. The highest BCUT2D eigenvalue weighted by molar-refractivity contribution is 8.16. The predicted octanol–water partition coefficient (Wildman–Crippen LogP) is 2.92. The molecule has 2 saturated heterocycles. The molecule has 0 saturated carbocycles. The van der Waals surface area contributed by atoms with Crippen molar-refractivity contribution >= 4 is 39.9 Å². The van der Waals surface area contributed by atoms with E-state index < -0.39 is 16.9 Å². The van der Waals surface area contributed by atoms with Gasteiger partial charge >= 0.3 is 0 Å². The first-order valence-corrected chi connectivity index (χ1v) is 14.9. The molecule has 1 aromatic rings. The fourth-order valence-electron chi connectivity index (χ4n) is 5.95. The molecule has 6 nitrogen and oxygen atoms in total. The molecule has 2 fully saturated rings. The highest BCUT2D eigenvalue weighted by Crippen LogP contribution is 2.51. The molecule has 3 N–H and O–H groups in total. The van der Waals surface area contributed by atoms with Crippen LogP contribution in [0.2, 0.25) is 0 Å². The summed E-state index contributed by atoms with van der Waals surface area (Å²) < 4.78 is 0. The summed E-state index contributed by atoms with van der Waals surface area (Å²) in [5, 5.41) is 9.97. The summed E-state index contributed by atoms with van der Waals surface area (Å²) in [6, 6.07) is 7.50. The van der Waals surface area contributed by atoms with E-state index in [1.165, 1.54) is 11.1 Å². The Morgan fingerprint density at radius 1 is 1.26 bits per heavy atom. The Hall–Kier alpha value is -1.64. The SMILES string of the molecule is CN[C@@H](C)C(=S)N[C@H]1CC[SH](C)C2CC(C)(C)[C@@H](C(=O)N[C@H]3c4ccccc4C[C@H]3C)N2C1=O. The van der Waals surface area contributed by atoms with E-state index in [-0.39, 0.29) is 40.7 Å². The van der Waals surface area contributed by atoms with E-state index in [4.69, 9.17) is 12.2 Å². The van der Waals surface area contributed by atoms with Crippen LogP contribution in [0, 0.1) is 11.3 Å². The number of likely N-dealkylation sites (N-methyl/N-ethyl adjacent to an activating group) is 1. The number of thiocarbonyl (C=S) groups is 1. The number of benzene rings is 1. The molecule has 7 atom stereocenters. The zero-order valence-electron chi connectivity index (χ0n) is 21.2. The molecule has 2 aliphatic heterocycles. The third-order valence-corrected chi connectivity index (χ3v) is 11.0. The smallest absolute Gasteiger partial charge is 0.246 e. The molecule has 8 heteroatoms. The minimum absolute atomic E-state index is 0.0111. The first kappa shape index (κ1) is 25.5.